The Morgan fingerprint density at radius 3 is 2.18 bits per heavy atom. The molecule has 2 saturated carbocycles. The SMILES string of the molecule is CC(C)C1CC(O)(C2CC2)C1. The molecule has 2 rings (SSSR count). The molecule has 0 aliphatic heterocycles. The van der Waals surface area contributed by atoms with E-state index in [1.54, 1.807) is 0 Å². The van der Waals surface area contributed by atoms with Gasteiger partial charge in [0.2, 0.25) is 0 Å². The van der Waals surface area contributed by atoms with E-state index in [4.69, 9.17) is 0 Å². The molecule has 0 atom stereocenters. The van der Waals surface area contributed by atoms with Gasteiger partial charge in [0.15, 0.2) is 0 Å². The molecule has 1 N–H and O–H groups in total. The summed E-state index contributed by atoms with van der Waals surface area (Å²) in [7, 11) is 0. The molecule has 11 heavy (non-hydrogen) atoms. The standard InChI is InChI=1S/C10H18O/c1-7(2)8-5-10(11,6-8)9-3-4-9/h7-9,11H,3-6H2,1-2H3. The molecule has 2 aliphatic rings. The molecule has 1 nitrogen and oxygen atoms in total. The molecule has 0 unspecified atom stereocenters. The predicted octanol–water partition coefficient (Wildman–Crippen LogP) is 2.19. The summed E-state index contributed by atoms with van der Waals surface area (Å²) >= 11 is 0. The lowest BCUT2D eigenvalue weighted by Gasteiger charge is -2.46. The molecular formula is C10H18O. The molecular weight excluding hydrogens is 136 g/mol. The maximum Gasteiger partial charge on any atom is 0.0681 e. The molecule has 0 spiro atoms. The van der Waals surface area contributed by atoms with Crippen LogP contribution in [0.1, 0.15) is 39.5 Å². The molecule has 0 radical (unpaired) electrons. The second-order valence-corrected chi connectivity index (χ2v) is 4.79. The Bertz CT molecular complexity index is 152. The Morgan fingerprint density at radius 1 is 1.27 bits per heavy atom. The molecule has 2 fully saturated rings. The van der Waals surface area contributed by atoms with Gasteiger partial charge in [-0.15, -0.1) is 0 Å². The average Bonchev–Trinajstić information content (AvgIpc) is 2.60. The van der Waals surface area contributed by atoms with E-state index in [1.807, 2.05) is 0 Å². The van der Waals surface area contributed by atoms with Crippen molar-refractivity contribution in [3.8, 4) is 0 Å². The Morgan fingerprint density at radius 2 is 1.82 bits per heavy atom. The van der Waals surface area contributed by atoms with Crippen LogP contribution in [0.3, 0.4) is 0 Å². The quantitative estimate of drug-likeness (QED) is 0.646. The van der Waals surface area contributed by atoms with Gasteiger partial charge in [-0.2, -0.15) is 0 Å². The summed E-state index contributed by atoms with van der Waals surface area (Å²) in [5, 5.41) is 9.97. The maximum absolute atomic E-state index is 9.97. The highest BCUT2D eigenvalue weighted by atomic mass is 16.3. The summed E-state index contributed by atoms with van der Waals surface area (Å²) in [6.45, 7) is 4.52. The minimum atomic E-state index is -0.213. The van der Waals surface area contributed by atoms with Gasteiger partial charge in [-0.25, -0.2) is 0 Å². The van der Waals surface area contributed by atoms with E-state index in [0.717, 1.165) is 24.7 Å². The van der Waals surface area contributed by atoms with Crippen LogP contribution in [-0.2, 0) is 0 Å². The van der Waals surface area contributed by atoms with E-state index in [0.29, 0.717) is 5.92 Å². The molecule has 1 heteroatoms. The third-order valence-corrected chi connectivity index (χ3v) is 3.51. The minimum Gasteiger partial charge on any atom is -0.390 e. The molecule has 0 heterocycles. The highest BCUT2D eigenvalue weighted by molar-refractivity contribution is 5.04. The van der Waals surface area contributed by atoms with Gasteiger partial charge in [0.05, 0.1) is 5.60 Å². The third-order valence-electron chi connectivity index (χ3n) is 3.51. The normalized spacial score (nSPS) is 44.2. The van der Waals surface area contributed by atoms with Crippen molar-refractivity contribution in [2.75, 3.05) is 0 Å². The first kappa shape index (κ1) is 7.60. The predicted molar refractivity (Wildman–Crippen MR) is 45.2 cm³/mol. The highest BCUT2D eigenvalue weighted by Crippen LogP contribution is 2.54. The van der Waals surface area contributed by atoms with E-state index in [-0.39, 0.29) is 5.60 Å². The van der Waals surface area contributed by atoms with Crippen LogP contribution in [0, 0.1) is 17.8 Å². The van der Waals surface area contributed by atoms with E-state index in [1.165, 1.54) is 12.8 Å². The molecule has 2 aliphatic carbocycles. The second kappa shape index (κ2) is 2.22. The Hall–Kier alpha value is -0.0400. The molecule has 0 bridgehead atoms. The summed E-state index contributed by atoms with van der Waals surface area (Å²) < 4.78 is 0. The summed E-state index contributed by atoms with van der Waals surface area (Å²) in [5.41, 5.74) is -0.213. The van der Waals surface area contributed by atoms with Gasteiger partial charge >= 0.3 is 0 Å². The molecule has 64 valence electrons. The fourth-order valence-electron chi connectivity index (χ4n) is 2.27. The third kappa shape index (κ3) is 1.20. The maximum atomic E-state index is 9.97. The Balaban J connectivity index is 1.85. The summed E-state index contributed by atoms with van der Waals surface area (Å²) in [6, 6.07) is 0. The zero-order chi connectivity index (χ0) is 8.06. The number of rotatable bonds is 2. The van der Waals surface area contributed by atoms with Crippen LogP contribution in [0.2, 0.25) is 0 Å². The van der Waals surface area contributed by atoms with Crippen LogP contribution in [0.5, 0.6) is 0 Å². The summed E-state index contributed by atoms with van der Waals surface area (Å²) in [4.78, 5) is 0. The summed E-state index contributed by atoms with van der Waals surface area (Å²) in [6.07, 6.45) is 4.72. The van der Waals surface area contributed by atoms with Gasteiger partial charge in [0.25, 0.3) is 0 Å². The van der Waals surface area contributed by atoms with Crippen molar-refractivity contribution in [1.29, 1.82) is 0 Å². The average molecular weight is 154 g/mol. The fraction of sp³-hybridized carbons (Fsp3) is 1.00. The first-order chi connectivity index (χ1) is 5.12. The van der Waals surface area contributed by atoms with Gasteiger partial charge in [-0.1, -0.05) is 13.8 Å². The Labute approximate surface area is 68.8 Å². The molecule has 0 amide bonds. The van der Waals surface area contributed by atoms with Gasteiger partial charge < -0.3 is 5.11 Å². The van der Waals surface area contributed by atoms with Crippen LogP contribution >= 0.6 is 0 Å². The van der Waals surface area contributed by atoms with Crippen molar-refractivity contribution in [3.63, 3.8) is 0 Å². The molecule has 0 aromatic carbocycles. The minimum absolute atomic E-state index is 0.213. The number of hydrogen-bond acceptors (Lipinski definition) is 1. The molecule has 0 aromatic rings. The fourth-order valence-corrected chi connectivity index (χ4v) is 2.27. The van der Waals surface area contributed by atoms with Crippen LogP contribution in [0.25, 0.3) is 0 Å². The van der Waals surface area contributed by atoms with Gasteiger partial charge in [-0.05, 0) is 43.4 Å². The van der Waals surface area contributed by atoms with Crippen LogP contribution in [0.15, 0.2) is 0 Å². The van der Waals surface area contributed by atoms with Crippen molar-refractivity contribution in [3.05, 3.63) is 0 Å². The lowest BCUT2D eigenvalue weighted by atomic mass is 9.64. The van der Waals surface area contributed by atoms with Gasteiger partial charge in [0, 0.05) is 0 Å². The van der Waals surface area contributed by atoms with E-state index in [9.17, 15) is 5.11 Å². The van der Waals surface area contributed by atoms with E-state index >= 15 is 0 Å². The zero-order valence-corrected chi connectivity index (χ0v) is 7.51. The van der Waals surface area contributed by atoms with Crippen molar-refractivity contribution in [1.82, 2.24) is 0 Å². The van der Waals surface area contributed by atoms with E-state index in [2.05, 4.69) is 13.8 Å². The topological polar surface area (TPSA) is 20.2 Å². The van der Waals surface area contributed by atoms with Crippen LogP contribution in [-0.4, -0.2) is 10.7 Å². The van der Waals surface area contributed by atoms with Gasteiger partial charge in [-0.3, -0.25) is 0 Å². The van der Waals surface area contributed by atoms with Crippen molar-refractivity contribution in [2.24, 2.45) is 17.8 Å². The molecule has 0 aromatic heterocycles. The van der Waals surface area contributed by atoms with Crippen molar-refractivity contribution in [2.45, 2.75) is 45.1 Å². The first-order valence-corrected chi connectivity index (χ1v) is 4.84. The summed E-state index contributed by atoms with van der Waals surface area (Å²) in [5.74, 6) is 2.26. The van der Waals surface area contributed by atoms with Crippen LogP contribution < -0.4 is 0 Å². The molecule has 0 saturated heterocycles. The smallest absolute Gasteiger partial charge is 0.0681 e. The van der Waals surface area contributed by atoms with Crippen LogP contribution in [0.4, 0.5) is 0 Å². The second-order valence-electron chi connectivity index (χ2n) is 4.79. The van der Waals surface area contributed by atoms with Gasteiger partial charge in [0.1, 0.15) is 0 Å². The largest absolute Gasteiger partial charge is 0.390 e. The lowest BCUT2D eigenvalue weighted by Crippen LogP contribution is -2.47. The zero-order valence-electron chi connectivity index (χ0n) is 7.51. The van der Waals surface area contributed by atoms with Crippen molar-refractivity contribution < 1.29 is 5.11 Å². The lowest BCUT2D eigenvalue weighted by molar-refractivity contribution is -0.103. The number of aliphatic hydroxyl groups is 1. The monoisotopic (exact) mass is 154 g/mol. The first-order valence-electron chi connectivity index (χ1n) is 4.84. The van der Waals surface area contributed by atoms with E-state index < -0.39 is 0 Å². The van der Waals surface area contributed by atoms with Crippen molar-refractivity contribution >= 4 is 0 Å². The highest BCUT2D eigenvalue weighted by Gasteiger charge is 2.52. The number of hydrogen-bond donors (Lipinski definition) is 1. The Kier molecular flexibility index (Phi) is 1.54.